The van der Waals surface area contributed by atoms with Crippen molar-refractivity contribution >= 4 is 27.5 Å². The summed E-state index contributed by atoms with van der Waals surface area (Å²) in [6.45, 7) is 0.356. The molecule has 0 atom stereocenters. The monoisotopic (exact) mass is 405 g/mol. The predicted molar refractivity (Wildman–Crippen MR) is 102 cm³/mol. The second kappa shape index (κ2) is 8.49. The van der Waals surface area contributed by atoms with Crippen LogP contribution in [0.5, 0.6) is 0 Å². The zero-order valence-corrected chi connectivity index (χ0v) is 15.8. The van der Waals surface area contributed by atoms with Crippen molar-refractivity contribution in [2.75, 3.05) is 25.0 Å². The number of amides is 2. The van der Waals surface area contributed by atoms with Crippen LogP contribution in [0, 0.1) is 5.82 Å². The van der Waals surface area contributed by atoms with Crippen LogP contribution in [-0.4, -0.2) is 44.2 Å². The second-order valence-corrected chi connectivity index (χ2v) is 8.26. The average molecular weight is 405 g/mol. The molecule has 148 valence electrons. The first-order valence-electron chi connectivity index (χ1n) is 8.81. The number of nitrogens with one attached hydrogen (secondary N) is 2. The second-order valence-electron chi connectivity index (χ2n) is 6.35. The zero-order chi connectivity index (χ0) is 20.1. The summed E-state index contributed by atoms with van der Waals surface area (Å²) in [5.41, 5.74) is 0.550. The highest BCUT2D eigenvalue weighted by atomic mass is 32.2. The van der Waals surface area contributed by atoms with E-state index >= 15 is 0 Å². The Morgan fingerprint density at radius 2 is 1.71 bits per heavy atom. The third kappa shape index (κ3) is 4.55. The van der Waals surface area contributed by atoms with Crippen molar-refractivity contribution in [2.45, 2.75) is 17.7 Å². The summed E-state index contributed by atoms with van der Waals surface area (Å²) in [5, 5.41) is 5.02. The summed E-state index contributed by atoms with van der Waals surface area (Å²) in [7, 11) is -4.00. The summed E-state index contributed by atoms with van der Waals surface area (Å²) in [6, 6.07) is 11.9. The summed E-state index contributed by atoms with van der Waals surface area (Å²) in [5.74, 6) is -2.02. The number of hydrogen-bond acceptors (Lipinski definition) is 4. The van der Waals surface area contributed by atoms with Gasteiger partial charge in [-0.05, 0) is 43.2 Å². The van der Waals surface area contributed by atoms with Crippen LogP contribution in [0.2, 0.25) is 0 Å². The summed E-state index contributed by atoms with van der Waals surface area (Å²) in [4.78, 5) is 23.7. The maximum Gasteiger partial charge on any atom is 0.251 e. The van der Waals surface area contributed by atoms with Gasteiger partial charge in [0.05, 0.1) is 6.54 Å². The highest BCUT2D eigenvalue weighted by Gasteiger charge is 2.30. The van der Waals surface area contributed by atoms with Gasteiger partial charge in [-0.2, -0.15) is 4.31 Å². The first kappa shape index (κ1) is 20.0. The molecule has 0 radical (unpaired) electrons. The Labute approximate surface area is 162 Å². The van der Waals surface area contributed by atoms with Crippen LogP contribution in [0.3, 0.4) is 0 Å². The van der Waals surface area contributed by atoms with Crippen molar-refractivity contribution in [1.29, 1.82) is 0 Å². The molecule has 3 rings (SSSR count). The van der Waals surface area contributed by atoms with E-state index in [1.807, 2.05) is 0 Å². The standard InChI is InChI=1S/C19H20FN3O4S/c20-16-9-8-14(12-17(16)28(26,27)23-10-4-5-11-23)19(25)21-13-18(24)22-15-6-2-1-3-7-15/h1-3,6-9,12H,4-5,10-11,13H2,(H,21,25)(H,22,24). The topological polar surface area (TPSA) is 95.6 Å². The molecule has 0 bridgehead atoms. The molecule has 0 unspecified atom stereocenters. The number of carbonyl (C=O) groups is 2. The lowest BCUT2D eigenvalue weighted by Crippen LogP contribution is -2.33. The minimum Gasteiger partial charge on any atom is -0.343 e. The molecule has 0 aliphatic carbocycles. The fourth-order valence-electron chi connectivity index (χ4n) is 2.90. The number of sulfonamides is 1. The summed E-state index contributed by atoms with van der Waals surface area (Å²) >= 11 is 0. The van der Waals surface area contributed by atoms with Crippen LogP contribution in [0.15, 0.2) is 53.4 Å². The highest BCUT2D eigenvalue weighted by Crippen LogP contribution is 2.24. The van der Waals surface area contributed by atoms with E-state index in [2.05, 4.69) is 10.6 Å². The lowest BCUT2D eigenvalue weighted by molar-refractivity contribution is -0.115. The van der Waals surface area contributed by atoms with Gasteiger partial charge in [0, 0.05) is 24.3 Å². The fourth-order valence-corrected chi connectivity index (χ4v) is 4.51. The van der Waals surface area contributed by atoms with Crippen LogP contribution in [0.4, 0.5) is 10.1 Å². The molecule has 1 aliphatic rings. The van der Waals surface area contributed by atoms with Gasteiger partial charge >= 0.3 is 0 Å². The number of halogens is 1. The SMILES string of the molecule is O=C(CNC(=O)c1ccc(F)c(S(=O)(=O)N2CCCC2)c1)Nc1ccccc1. The Hall–Kier alpha value is -2.78. The number of carbonyl (C=O) groups excluding carboxylic acids is 2. The smallest absolute Gasteiger partial charge is 0.251 e. The average Bonchev–Trinajstić information content (AvgIpc) is 3.23. The number of para-hydroxylation sites is 1. The van der Waals surface area contributed by atoms with Crippen molar-refractivity contribution in [1.82, 2.24) is 9.62 Å². The molecule has 9 heteroatoms. The first-order chi connectivity index (χ1) is 13.4. The van der Waals surface area contributed by atoms with E-state index in [-0.39, 0.29) is 12.1 Å². The number of anilines is 1. The Kier molecular flexibility index (Phi) is 6.05. The van der Waals surface area contributed by atoms with Crippen LogP contribution in [0.1, 0.15) is 23.2 Å². The minimum atomic E-state index is -4.00. The number of nitrogens with zero attached hydrogens (tertiary/aromatic N) is 1. The van der Waals surface area contributed by atoms with Gasteiger partial charge in [0.2, 0.25) is 15.9 Å². The van der Waals surface area contributed by atoms with Crippen molar-refractivity contribution in [3.05, 3.63) is 59.9 Å². The van der Waals surface area contributed by atoms with E-state index in [1.165, 1.54) is 10.4 Å². The molecule has 0 saturated carbocycles. The molecule has 2 aromatic carbocycles. The third-order valence-electron chi connectivity index (χ3n) is 4.34. The molecule has 28 heavy (non-hydrogen) atoms. The van der Waals surface area contributed by atoms with Gasteiger partial charge in [-0.15, -0.1) is 0 Å². The molecule has 1 saturated heterocycles. The molecular weight excluding hydrogens is 385 g/mol. The van der Waals surface area contributed by atoms with Crippen LogP contribution < -0.4 is 10.6 Å². The Morgan fingerprint density at radius 1 is 1.04 bits per heavy atom. The Morgan fingerprint density at radius 3 is 2.39 bits per heavy atom. The third-order valence-corrected chi connectivity index (χ3v) is 6.26. The summed E-state index contributed by atoms with van der Waals surface area (Å²) in [6.07, 6.45) is 1.44. The zero-order valence-electron chi connectivity index (χ0n) is 15.0. The molecule has 2 amide bonds. The van der Waals surface area contributed by atoms with Crippen molar-refractivity contribution in [3.63, 3.8) is 0 Å². The van der Waals surface area contributed by atoms with Crippen LogP contribution >= 0.6 is 0 Å². The van der Waals surface area contributed by atoms with Gasteiger partial charge in [0.15, 0.2) is 0 Å². The van der Waals surface area contributed by atoms with Crippen LogP contribution in [0.25, 0.3) is 0 Å². The van der Waals surface area contributed by atoms with E-state index in [0.29, 0.717) is 18.8 Å². The van der Waals surface area contributed by atoms with Gasteiger partial charge < -0.3 is 10.6 Å². The normalized spacial score (nSPS) is 14.6. The van der Waals surface area contributed by atoms with Gasteiger partial charge in [-0.25, -0.2) is 12.8 Å². The van der Waals surface area contributed by atoms with Crippen molar-refractivity contribution in [2.24, 2.45) is 0 Å². The van der Waals surface area contributed by atoms with Crippen LogP contribution in [-0.2, 0) is 14.8 Å². The van der Waals surface area contributed by atoms with Crippen molar-refractivity contribution < 1.29 is 22.4 Å². The van der Waals surface area contributed by atoms with E-state index in [0.717, 1.165) is 25.0 Å². The molecule has 1 fully saturated rings. The Bertz CT molecular complexity index is 974. The predicted octanol–water partition coefficient (Wildman–Crippen LogP) is 1.98. The minimum absolute atomic E-state index is 0.0355. The number of benzene rings is 2. The van der Waals surface area contributed by atoms with Crippen molar-refractivity contribution in [3.8, 4) is 0 Å². The van der Waals surface area contributed by atoms with Gasteiger partial charge in [-0.1, -0.05) is 18.2 Å². The highest BCUT2D eigenvalue weighted by molar-refractivity contribution is 7.89. The van der Waals surface area contributed by atoms with E-state index in [1.54, 1.807) is 30.3 Å². The number of rotatable bonds is 6. The molecule has 0 spiro atoms. The molecule has 1 aliphatic heterocycles. The quantitative estimate of drug-likeness (QED) is 0.768. The molecule has 1 heterocycles. The lowest BCUT2D eigenvalue weighted by Gasteiger charge is -2.16. The largest absolute Gasteiger partial charge is 0.343 e. The molecule has 2 aromatic rings. The van der Waals surface area contributed by atoms with Gasteiger partial charge in [0.25, 0.3) is 5.91 Å². The Balaban J connectivity index is 1.68. The summed E-state index contributed by atoms with van der Waals surface area (Å²) < 4.78 is 40.5. The molecular formula is C19H20FN3O4S. The first-order valence-corrected chi connectivity index (χ1v) is 10.2. The maximum absolute atomic E-state index is 14.1. The van der Waals surface area contributed by atoms with E-state index in [9.17, 15) is 22.4 Å². The molecule has 0 aromatic heterocycles. The van der Waals surface area contributed by atoms with Gasteiger partial charge in [0.1, 0.15) is 10.7 Å². The van der Waals surface area contributed by atoms with E-state index < -0.39 is 32.6 Å². The van der Waals surface area contributed by atoms with Gasteiger partial charge in [-0.3, -0.25) is 9.59 Å². The molecule has 2 N–H and O–H groups in total. The van der Waals surface area contributed by atoms with E-state index in [4.69, 9.17) is 0 Å². The number of hydrogen-bond donors (Lipinski definition) is 2. The maximum atomic E-state index is 14.1. The fraction of sp³-hybridized carbons (Fsp3) is 0.263. The lowest BCUT2D eigenvalue weighted by atomic mass is 10.2. The molecule has 7 nitrogen and oxygen atoms in total.